The second kappa shape index (κ2) is 5.65. The Morgan fingerprint density at radius 2 is 1.62 bits per heavy atom. The molecule has 0 heterocycles. The Morgan fingerprint density at radius 3 is 2.17 bits per heavy atom. The summed E-state index contributed by atoms with van der Waals surface area (Å²) < 4.78 is 38.5. The molecule has 4 fully saturated rings. The summed E-state index contributed by atoms with van der Waals surface area (Å²) in [6.07, 6.45) is 3.57. The molecule has 1 aromatic carbocycles. The first-order valence-electron chi connectivity index (χ1n) is 8.93. The lowest BCUT2D eigenvalue weighted by molar-refractivity contribution is -0.137. The van der Waals surface area contributed by atoms with Gasteiger partial charge in [-0.2, -0.15) is 13.2 Å². The number of phenols is 1. The van der Waals surface area contributed by atoms with Crippen LogP contribution in [0.4, 0.5) is 13.2 Å². The van der Waals surface area contributed by atoms with Crippen molar-refractivity contribution in [2.24, 2.45) is 23.2 Å². The molecule has 0 saturated heterocycles. The maximum Gasteiger partial charge on any atom is 0.416 e. The van der Waals surface area contributed by atoms with Crippen molar-refractivity contribution in [2.75, 3.05) is 6.54 Å². The first-order valence-corrected chi connectivity index (χ1v) is 8.93. The second-order valence-corrected chi connectivity index (χ2v) is 8.36. The Kier molecular flexibility index (Phi) is 3.83. The highest BCUT2D eigenvalue weighted by atomic mass is 19.4. The van der Waals surface area contributed by atoms with Gasteiger partial charge in [-0.25, -0.2) is 0 Å². The third-order valence-corrected chi connectivity index (χ3v) is 6.39. The fourth-order valence-corrected chi connectivity index (χ4v) is 5.87. The number of alkyl halides is 3. The summed E-state index contributed by atoms with van der Waals surface area (Å²) in [5, 5.41) is 13.2. The number of nitrogens with one attached hydrogen (secondary N) is 1. The number of benzene rings is 1. The monoisotopic (exact) mass is 339 g/mol. The lowest BCUT2D eigenvalue weighted by atomic mass is 9.49. The SMILES string of the molecule is Oc1ccc(C(F)(F)F)cc1CNCC12CC3CC(CC(C3)C1)C2. The smallest absolute Gasteiger partial charge is 0.416 e. The molecule has 24 heavy (non-hydrogen) atoms. The van der Waals surface area contributed by atoms with Gasteiger partial charge in [0, 0.05) is 18.7 Å². The molecule has 0 unspecified atom stereocenters. The van der Waals surface area contributed by atoms with Crippen molar-refractivity contribution >= 4 is 0 Å². The Hall–Kier alpha value is -1.23. The van der Waals surface area contributed by atoms with E-state index in [1.54, 1.807) is 0 Å². The van der Waals surface area contributed by atoms with Gasteiger partial charge in [-0.15, -0.1) is 0 Å². The molecule has 1 aromatic rings. The Bertz CT molecular complexity index is 590. The summed E-state index contributed by atoms with van der Waals surface area (Å²) in [6, 6.07) is 3.13. The van der Waals surface area contributed by atoms with Crippen molar-refractivity contribution in [2.45, 2.75) is 51.2 Å². The van der Waals surface area contributed by atoms with Gasteiger partial charge in [-0.05, 0) is 79.9 Å². The molecule has 0 amide bonds. The van der Waals surface area contributed by atoms with E-state index in [0.29, 0.717) is 11.0 Å². The molecule has 2 N–H and O–H groups in total. The van der Waals surface area contributed by atoms with Gasteiger partial charge in [0.25, 0.3) is 0 Å². The quantitative estimate of drug-likeness (QED) is 0.832. The maximum absolute atomic E-state index is 12.8. The van der Waals surface area contributed by atoms with Crippen molar-refractivity contribution in [3.63, 3.8) is 0 Å². The summed E-state index contributed by atoms with van der Waals surface area (Å²) in [4.78, 5) is 0. The Morgan fingerprint density at radius 1 is 1.04 bits per heavy atom. The summed E-state index contributed by atoms with van der Waals surface area (Å²) in [5.41, 5.74) is -0.0344. The first-order chi connectivity index (χ1) is 11.3. The van der Waals surface area contributed by atoms with E-state index in [-0.39, 0.29) is 12.3 Å². The summed E-state index contributed by atoms with van der Waals surface area (Å²) in [7, 11) is 0. The van der Waals surface area contributed by atoms with Crippen LogP contribution in [0, 0.1) is 23.2 Å². The second-order valence-electron chi connectivity index (χ2n) is 8.36. The van der Waals surface area contributed by atoms with Crippen LogP contribution in [0.1, 0.15) is 49.7 Å². The van der Waals surface area contributed by atoms with Gasteiger partial charge >= 0.3 is 6.18 Å². The normalized spacial score (nSPS) is 34.7. The van der Waals surface area contributed by atoms with Crippen molar-refractivity contribution < 1.29 is 18.3 Å². The van der Waals surface area contributed by atoms with Crippen molar-refractivity contribution in [1.82, 2.24) is 5.32 Å². The minimum Gasteiger partial charge on any atom is -0.508 e. The lowest BCUT2D eigenvalue weighted by Crippen LogP contribution is -2.50. The van der Waals surface area contributed by atoms with Crippen LogP contribution in [-0.2, 0) is 12.7 Å². The highest BCUT2D eigenvalue weighted by Gasteiger charge is 2.50. The van der Waals surface area contributed by atoms with E-state index in [9.17, 15) is 18.3 Å². The molecule has 0 spiro atoms. The molecule has 0 aromatic heterocycles. The van der Waals surface area contributed by atoms with E-state index in [2.05, 4.69) is 5.32 Å². The van der Waals surface area contributed by atoms with Gasteiger partial charge in [-0.1, -0.05) is 0 Å². The molecule has 4 aliphatic carbocycles. The zero-order valence-corrected chi connectivity index (χ0v) is 13.7. The summed E-state index contributed by atoms with van der Waals surface area (Å²) in [5.74, 6) is 2.51. The van der Waals surface area contributed by atoms with Crippen LogP contribution >= 0.6 is 0 Å². The predicted molar refractivity (Wildman–Crippen MR) is 85.4 cm³/mol. The zero-order chi connectivity index (χ0) is 16.9. The van der Waals surface area contributed by atoms with Gasteiger partial charge in [0.1, 0.15) is 5.75 Å². The van der Waals surface area contributed by atoms with Crippen molar-refractivity contribution in [1.29, 1.82) is 0 Å². The lowest BCUT2D eigenvalue weighted by Gasteiger charge is -2.57. The highest BCUT2D eigenvalue weighted by molar-refractivity contribution is 5.37. The Labute approximate surface area is 140 Å². The molecule has 0 atom stereocenters. The minimum absolute atomic E-state index is 0.0685. The Balaban J connectivity index is 1.41. The average Bonchev–Trinajstić information content (AvgIpc) is 2.46. The van der Waals surface area contributed by atoms with Crippen LogP contribution in [0.15, 0.2) is 18.2 Å². The van der Waals surface area contributed by atoms with Crippen LogP contribution in [0.5, 0.6) is 5.75 Å². The third kappa shape index (κ3) is 3.03. The molecule has 5 rings (SSSR count). The molecule has 4 saturated carbocycles. The predicted octanol–water partition coefficient (Wildman–Crippen LogP) is 4.72. The molecule has 132 valence electrons. The van der Waals surface area contributed by atoms with Crippen LogP contribution in [-0.4, -0.2) is 11.7 Å². The third-order valence-electron chi connectivity index (χ3n) is 6.39. The van der Waals surface area contributed by atoms with Gasteiger partial charge in [0.2, 0.25) is 0 Å². The molecule has 0 radical (unpaired) electrons. The summed E-state index contributed by atoms with van der Waals surface area (Å²) in [6.45, 7) is 1.14. The molecule has 2 nitrogen and oxygen atoms in total. The number of phenolic OH excluding ortho intramolecular Hbond substituents is 1. The summed E-state index contributed by atoms with van der Waals surface area (Å²) >= 11 is 0. The van der Waals surface area contributed by atoms with E-state index in [1.165, 1.54) is 38.5 Å². The van der Waals surface area contributed by atoms with Gasteiger partial charge in [0.05, 0.1) is 5.56 Å². The average molecular weight is 339 g/mol. The van der Waals surface area contributed by atoms with Crippen LogP contribution < -0.4 is 5.32 Å². The van der Waals surface area contributed by atoms with E-state index in [1.807, 2.05) is 0 Å². The van der Waals surface area contributed by atoms with E-state index in [0.717, 1.165) is 42.5 Å². The standard InChI is InChI=1S/C19H24F3NO/c20-19(21,22)16-1-2-17(24)15(6-16)10-23-11-18-7-12-3-13(8-18)5-14(4-12)9-18/h1-2,6,12-14,23-24H,3-5,7-11H2. The highest BCUT2D eigenvalue weighted by Crippen LogP contribution is 2.59. The first kappa shape index (κ1) is 16.2. The van der Waals surface area contributed by atoms with E-state index < -0.39 is 11.7 Å². The van der Waals surface area contributed by atoms with Crippen molar-refractivity contribution in [3.05, 3.63) is 29.3 Å². The maximum atomic E-state index is 12.8. The topological polar surface area (TPSA) is 32.3 Å². The number of halogens is 3. The van der Waals surface area contributed by atoms with E-state index in [4.69, 9.17) is 0 Å². The number of hydrogen-bond acceptors (Lipinski definition) is 2. The van der Waals surface area contributed by atoms with Gasteiger partial charge in [0.15, 0.2) is 0 Å². The van der Waals surface area contributed by atoms with Gasteiger partial charge < -0.3 is 10.4 Å². The molecular weight excluding hydrogens is 315 g/mol. The van der Waals surface area contributed by atoms with Gasteiger partial charge in [-0.3, -0.25) is 0 Å². The molecule has 0 aliphatic heterocycles. The molecular formula is C19H24F3NO. The number of aromatic hydroxyl groups is 1. The minimum atomic E-state index is -4.37. The van der Waals surface area contributed by atoms with Crippen LogP contribution in [0.3, 0.4) is 0 Å². The number of hydrogen-bond donors (Lipinski definition) is 2. The fraction of sp³-hybridized carbons (Fsp3) is 0.684. The zero-order valence-electron chi connectivity index (χ0n) is 13.7. The number of rotatable bonds is 4. The van der Waals surface area contributed by atoms with E-state index >= 15 is 0 Å². The largest absolute Gasteiger partial charge is 0.508 e. The van der Waals surface area contributed by atoms with Crippen LogP contribution in [0.25, 0.3) is 0 Å². The van der Waals surface area contributed by atoms with Crippen LogP contribution in [0.2, 0.25) is 0 Å². The fourth-order valence-electron chi connectivity index (χ4n) is 5.87. The molecule has 4 aliphatic rings. The molecule has 5 heteroatoms. The molecule has 4 bridgehead atoms. The van der Waals surface area contributed by atoms with Crippen molar-refractivity contribution in [3.8, 4) is 5.75 Å².